The van der Waals surface area contributed by atoms with E-state index in [2.05, 4.69) is 5.32 Å². The maximum atomic E-state index is 10.9. The van der Waals surface area contributed by atoms with Gasteiger partial charge in [-0.1, -0.05) is 12.8 Å². The second-order valence-electron chi connectivity index (χ2n) is 4.98. The molecule has 1 aliphatic carbocycles. The van der Waals surface area contributed by atoms with Crippen molar-refractivity contribution in [1.82, 2.24) is 0 Å². The highest BCUT2D eigenvalue weighted by atomic mass is 16.6. The molecule has 0 heterocycles. The van der Waals surface area contributed by atoms with Gasteiger partial charge in [0.15, 0.2) is 5.75 Å². The second kappa shape index (κ2) is 6.56. The first-order chi connectivity index (χ1) is 9.61. The van der Waals surface area contributed by atoms with Crippen molar-refractivity contribution in [2.45, 2.75) is 44.8 Å². The third-order valence-electron chi connectivity index (χ3n) is 3.54. The molecule has 0 amide bonds. The summed E-state index contributed by atoms with van der Waals surface area (Å²) in [5.74, 6) is 0.257. The molecule has 0 aromatic heterocycles. The molecule has 0 spiro atoms. The summed E-state index contributed by atoms with van der Waals surface area (Å²) in [7, 11) is 0. The fraction of sp³-hybridized carbons (Fsp3) is 0.571. The molecule has 6 heteroatoms. The predicted molar refractivity (Wildman–Crippen MR) is 76.2 cm³/mol. The number of nitro groups is 1. The Hall–Kier alpha value is -1.82. The van der Waals surface area contributed by atoms with E-state index >= 15 is 0 Å². The predicted octanol–water partition coefficient (Wildman–Crippen LogP) is 2.71. The van der Waals surface area contributed by atoms with Gasteiger partial charge in [0.1, 0.15) is 0 Å². The lowest BCUT2D eigenvalue weighted by Gasteiger charge is -2.29. The average Bonchev–Trinajstić information content (AvgIpc) is 2.42. The van der Waals surface area contributed by atoms with E-state index in [9.17, 15) is 15.2 Å². The lowest BCUT2D eigenvalue weighted by atomic mass is 9.92. The number of aliphatic hydroxyl groups is 1. The Bertz CT molecular complexity index is 478. The van der Waals surface area contributed by atoms with Crippen LogP contribution in [0.25, 0.3) is 0 Å². The molecular formula is C14H20N2O4. The van der Waals surface area contributed by atoms with Gasteiger partial charge in [-0.2, -0.15) is 0 Å². The summed E-state index contributed by atoms with van der Waals surface area (Å²) < 4.78 is 5.31. The summed E-state index contributed by atoms with van der Waals surface area (Å²) in [6, 6.07) is 4.72. The van der Waals surface area contributed by atoms with Crippen molar-refractivity contribution < 1.29 is 14.8 Å². The SMILES string of the molecule is CCOc1cc(NC2CCCCC2O)ccc1[N+](=O)[O-]. The molecule has 2 rings (SSSR count). The fourth-order valence-electron chi connectivity index (χ4n) is 2.52. The molecule has 0 saturated heterocycles. The average molecular weight is 280 g/mol. The first-order valence-corrected chi connectivity index (χ1v) is 6.97. The molecular weight excluding hydrogens is 260 g/mol. The number of anilines is 1. The lowest BCUT2D eigenvalue weighted by molar-refractivity contribution is -0.385. The van der Waals surface area contributed by atoms with Crippen molar-refractivity contribution in [3.63, 3.8) is 0 Å². The molecule has 20 heavy (non-hydrogen) atoms. The normalized spacial score (nSPS) is 22.3. The van der Waals surface area contributed by atoms with E-state index < -0.39 is 4.92 Å². The zero-order valence-corrected chi connectivity index (χ0v) is 11.5. The summed E-state index contributed by atoms with van der Waals surface area (Å²) in [6.07, 6.45) is 3.46. The molecule has 2 N–H and O–H groups in total. The van der Waals surface area contributed by atoms with E-state index in [0.717, 1.165) is 31.4 Å². The summed E-state index contributed by atoms with van der Waals surface area (Å²) >= 11 is 0. The summed E-state index contributed by atoms with van der Waals surface area (Å²) in [5.41, 5.74) is 0.701. The number of hydrogen-bond acceptors (Lipinski definition) is 5. The lowest BCUT2D eigenvalue weighted by Crippen LogP contribution is -2.36. The molecule has 6 nitrogen and oxygen atoms in total. The van der Waals surface area contributed by atoms with Crippen LogP contribution >= 0.6 is 0 Å². The van der Waals surface area contributed by atoms with E-state index in [1.165, 1.54) is 6.07 Å². The van der Waals surface area contributed by atoms with Crippen molar-refractivity contribution in [1.29, 1.82) is 0 Å². The van der Waals surface area contributed by atoms with Crippen LogP contribution in [-0.2, 0) is 0 Å². The highest BCUT2D eigenvalue weighted by Gasteiger charge is 2.23. The Morgan fingerprint density at radius 3 is 2.85 bits per heavy atom. The van der Waals surface area contributed by atoms with E-state index in [1.807, 2.05) is 0 Å². The first-order valence-electron chi connectivity index (χ1n) is 6.97. The van der Waals surface area contributed by atoms with Crippen molar-refractivity contribution >= 4 is 11.4 Å². The van der Waals surface area contributed by atoms with Crippen molar-refractivity contribution in [2.75, 3.05) is 11.9 Å². The minimum Gasteiger partial charge on any atom is -0.487 e. The van der Waals surface area contributed by atoms with Crippen LogP contribution in [0.5, 0.6) is 5.75 Å². The quantitative estimate of drug-likeness (QED) is 0.640. The molecule has 1 saturated carbocycles. The number of hydrogen-bond donors (Lipinski definition) is 2. The van der Waals surface area contributed by atoms with Crippen molar-refractivity contribution in [2.24, 2.45) is 0 Å². The Kier molecular flexibility index (Phi) is 4.79. The van der Waals surface area contributed by atoms with Crippen LogP contribution in [0.3, 0.4) is 0 Å². The molecule has 0 radical (unpaired) electrons. The van der Waals surface area contributed by atoms with Crippen LogP contribution < -0.4 is 10.1 Å². The molecule has 0 bridgehead atoms. The van der Waals surface area contributed by atoms with Crippen LogP contribution in [0.4, 0.5) is 11.4 Å². The molecule has 110 valence electrons. The Morgan fingerprint density at radius 1 is 1.45 bits per heavy atom. The smallest absolute Gasteiger partial charge is 0.311 e. The topological polar surface area (TPSA) is 84.6 Å². The van der Waals surface area contributed by atoms with E-state index in [1.54, 1.807) is 19.1 Å². The zero-order chi connectivity index (χ0) is 14.5. The number of nitro benzene ring substituents is 1. The van der Waals surface area contributed by atoms with Gasteiger partial charge in [-0.25, -0.2) is 0 Å². The number of aliphatic hydroxyl groups excluding tert-OH is 1. The van der Waals surface area contributed by atoms with Crippen LogP contribution in [0.1, 0.15) is 32.6 Å². The molecule has 1 fully saturated rings. The van der Waals surface area contributed by atoms with Gasteiger partial charge in [-0.15, -0.1) is 0 Å². The van der Waals surface area contributed by atoms with Crippen molar-refractivity contribution in [3.05, 3.63) is 28.3 Å². The first kappa shape index (κ1) is 14.6. The highest BCUT2D eigenvalue weighted by molar-refractivity contribution is 5.58. The minimum absolute atomic E-state index is 0.000294. The van der Waals surface area contributed by atoms with Crippen LogP contribution in [0, 0.1) is 10.1 Å². The van der Waals surface area contributed by atoms with Gasteiger partial charge in [-0.3, -0.25) is 10.1 Å². The highest BCUT2D eigenvalue weighted by Crippen LogP contribution is 2.31. The third kappa shape index (κ3) is 3.39. The van der Waals surface area contributed by atoms with Crippen molar-refractivity contribution in [3.8, 4) is 5.75 Å². The Labute approximate surface area is 117 Å². The maximum Gasteiger partial charge on any atom is 0.311 e. The number of nitrogens with zero attached hydrogens (tertiary/aromatic N) is 1. The van der Waals surface area contributed by atoms with Gasteiger partial charge < -0.3 is 15.2 Å². The molecule has 0 aliphatic heterocycles. The van der Waals surface area contributed by atoms with Gasteiger partial charge in [0.25, 0.3) is 0 Å². The van der Waals surface area contributed by atoms with E-state index in [-0.39, 0.29) is 23.6 Å². The Morgan fingerprint density at radius 2 is 2.20 bits per heavy atom. The minimum atomic E-state index is -0.454. The van der Waals surface area contributed by atoms with Gasteiger partial charge >= 0.3 is 5.69 Å². The summed E-state index contributed by atoms with van der Waals surface area (Å²) in [5, 5.41) is 24.1. The summed E-state index contributed by atoms with van der Waals surface area (Å²) in [4.78, 5) is 10.5. The van der Waals surface area contributed by atoms with E-state index in [4.69, 9.17) is 4.74 Å². The molecule has 1 aromatic rings. The number of benzene rings is 1. The number of ether oxygens (including phenoxy) is 1. The van der Waals surface area contributed by atoms with Gasteiger partial charge in [-0.05, 0) is 25.8 Å². The number of nitrogens with one attached hydrogen (secondary N) is 1. The third-order valence-corrected chi connectivity index (χ3v) is 3.54. The van der Waals surface area contributed by atoms with Crippen LogP contribution in [-0.4, -0.2) is 28.8 Å². The van der Waals surface area contributed by atoms with E-state index in [0.29, 0.717) is 6.61 Å². The standard InChI is InChI=1S/C14H20N2O4/c1-2-20-14-9-10(7-8-12(14)16(18)19)15-11-5-3-4-6-13(11)17/h7-9,11,13,15,17H,2-6H2,1H3. The summed E-state index contributed by atoms with van der Waals surface area (Å²) in [6.45, 7) is 2.16. The van der Waals surface area contributed by atoms with Gasteiger partial charge in [0.2, 0.25) is 0 Å². The second-order valence-corrected chi connectivity index (χ2v) is 4.98. The largest absolute Gasteiger partial charge is 0.487 e. The van der Waals surface area contributed by atoms with Crippen LogP contribution in [0.2, 0.25) is 0 Å². The van der Waals surface area contributed by atoms with Gasteiger partial charge in [0.05, 0.1) is 23.7 Å². The fourth-order valence-corrected chi connectivity index (χ4v) is 2.52. The zero-order valence-electron chi connectivity index (χ0n) is 11.5. The molecule has 2 unspecified atom stereocenters. The monoisotopic (exact) mass is 280 g/mol. The number of rotatable bonds is 5. The molecule has 2 atom stereocenters. The molecule has 1 aliphatic rings. The van der Waals surface area contributed by atoms with Crippen LogP contribution in [0.15, 0.2) is 18.2 Å². The maximum absolute atomic E-state index is 10.9. The van der Waals surface area contributed by atoms with Gasteiger partial charge in [0, 0.05) is 17.8 Å². The Balaban J connectivity index is 2.15. The molecule has 1 aromatic carbocycles.